The molecule has 1 heterocycles. The average molecular weight is 176 g/mol. The number of rotatable bonds is 4. The van der Waals surface area contributed by atoms with Crippen molar-refractivity contribution in [1.82, 2.24) is 0 Å². The van der Waals surface area contributed by atoms with Gasteiger partial charge < -0.3 is 4.42 Å². The van der Waals surface area contributed by atoms with Gasteiger partial charge in [0.05, 0.1) is 0 Å². The van der Waals surface area contributed by atoms with Crippen LogP contribution in [-0.2, 0) is 9.59 Å². The summed E-state index contributed by atoms with van der Waals surface area (Å²) in [5, 5.41) is 0. The van der Waals surface area contributed by atoms with E-state index >= 15 is 0 Å². The van der Waals surface area contributed by atoms with Crippen molar-refractivity contribution in [3.63, 3.8) is 0 Å². The number of hydrogen-bond donors (Lipinski definition) is 0. The zero-order chi connectivity index (χ0) is 9.52. The van der Waals surface area contributed by atoms with Gasteiger partial charge in [0.15, 0.2) is 0 Å². The van der Waals surface area contributed by atoms with E-state index in [0.717, 1.165) is 0 Å². The molecule has 66 valence electrons. The minimum absolute atomic E-state index is 0.581. The van der Waals surface area contributed by atoms with Crippen molar-refractivity contribution in [2.75, 3.05) is 0 Å². The van der Waals surface area contributed by atoms with E-state index in [9.17, 15) is 9.59 Å². The largest absolute Gasteiger partial charge is 0.457 e. The zero-order valence-electron chi connectivity index (χ0n) is 6.84. The first-order valence-electron chi connectivity index (χ1n) is 3.70. The normalized spacial score (nSPS) is 11.1. The Morgan fingerprint density at radius 3 is 1.77 bits per heavy atom. The van der Waals surface area contributed by atoms with Crippen LogP contribution >= 0.6 is 0 Å². The highest BCUT2D eigenvalue weighted by atomic mass is 16.3. The number of carbonyl (C=O) groups is 2. The first-order chi connectivity index (χ1) is 6.36. The van der Waals surface area contributed by atoms with Gasteiger partial charge in [0.2, 0.25) is 0 Å². The molecule has 0 radical (unpaired) electrons. The Morgan fingerprint density at radius 1 is 0.923 bits per heavy atom. The van der Waals surface area contributed by atoms with Crippen LogP contribution in [0.1, 0.15) is 11.5 Å². The van der Waals surface area contributed by atoms with Crippen LogP contribution in [0.25, 0.3) is 12.2 Å². The molecular formula is C10H8O3. The second-order valence-electron chi connectivity index (χ2n) is 2.23. The fraction of sp³-hybridized carbons (Fsp3) is 0. The van der Waals surface area contributed by atoms with Crippen LogP contribution in [0.5, 0.6) is 0 Å². The maximum Gasteiger partial charge on any atom is 0.142 e. The summed E-state index contributed by atoms with van der Waals surface area (Å²) in [5.74, 6) is 1.16. The minimum atomic E-state index is 0.581. The van der Waals surface area contributed by atoms with Crippen molar-refractivity contribution in [2.24, 2.45) is 0 Å². The molecule has 0 N–H and O–H groups in total. The van der Waals surface area contributed by atoms with Crippen LogP contribution < -0.4 is 0 Å². The lowest BCUT2D eigenvalue weighted by Gasteiger charge is -1.82. The molecule has 0 aromatic carbocycles. The average Bonchev–Trinajstić information content (AvgIpc) is 2.59. The fourth-order valence-corrected chi connectivity index (χ4v) is 0.816. The molecule has 0 spiro atoms. The predicted molar refractivity (Wildman–Crippen MR) is 48.9 cm³/mol. The molecule has 1 rings (SSSR count). The van der Waals surface area contributed by atoms with Crippen LogP contribution in [-0.4, -0.2) is 12.6 Å². The Morgan fingerprint density at radius 2 is 1.38 bits per heavy atom. The smallest absolute Gasteiger partial charge is 0.142 e. The highest BCUT2D eigenvalue weighted by Gasteiger charge is 1.93. The topological polar surface area (TPSA) is 47.3 Å². The molecule has 3 heteroatoms. The van der Waals surface area contributed by atoms with Crippen LogP contribution in [0.2, 0.25) is 0 Å². The van der Waals surface area contributed by atoms with Crippen molar-refractivity contribution in [3.05, 3.63) is 35.8 Å². The fourth-order valence-electron chi connectivity index (χ4n) is 0.816. The SMILES string of the molecule is O=C/C=C/c1ccc(/C=C/C=O)o1. The lowest BCUT2D eigenvalue weighted by atomic mass is 10.4. The standard InChI is InChI=1S/C10H8O3/c11-7-1-3-9-5-6-10(13-9)4-2-8-12/h1-8H/b3-1+,4-2+. The molecule has 0 atom stereocenters. The summed E-state index contributed by atoms with van der Waals surface area (Å²) in [5.41, 5.74) is 0. The first kappa shape index (κ1) is 9.19. The molecule has 0 amide bonds. The van der Waals surface area contributed by atoms with Gasteiger partial charge >= 0.3 is 0 Å². The Labute approximate surface area is 75.4 Å². The molecular weight excluding hydrogens is 168 g/mol. The van der Waals surface area contributed by atoms with Gasteiger partial charge in [-0.3, -0.25) is 9.59 Å². The summed E-state index contributed by atoms with van der Waals surface area (Å²) in [4.78, 5) is 19.9. The van der Waals surface area contributed by atoms with Crippen LogP contribution in [0.15, 0.2) is 28.7 Å². The number of allylic oxidation sites excluding steroid dienone is 2. The van der Waals surface area contributed by atoms with E-state index in [1.807, 2.05) is 0 Å². The Hall–Kier alpha value is -1.90. The van der Waals surface area contributed by atoms with Crippen molar-refractivity contribution >= 4 is 24.7 Å². The van der Waals surface area contributed by atoms with Crippen molar-refractivity contribution in [2.45, 2.75) is 0 Å². The highest BCUT2D eigenvalue weighted by molar-refractivity contribution is 5.74. The number of furan rings is 1. The number of aldehydes is 2. The van der Waals surface area contributed by atoms with Crippen LogP contribution in [0, 0.1) is 0 Å². The molecule has 0 fully saturated rings. The number of carbonyl (C=O) groups excluding carboxylic acids is 2. The quantitative estimate of drug-likeness (QED) is 0.518. The molecule has 0 unspecified atom stereocenters. The van der Waals surface area contributed by atoms with E-state index in [1.54, 1.807) is 24.3 Å². The van der Waals surface area contributed by atoms with Gasteiger partial charge in [-0.25, -0.2) is 0 Å². The lowest BCUT2D eigenvalue weighted by molar-refractivity contribution is -0.104. The summed E-state index contributed by atoms with van der Waals surface area (Å²) < 4.78 is 5.20. The van der Waals surface area contributed by atoms with E-state index < -0.39 is 0 Å². The highest BCUT2D eigenvalue weighted by Crippen LogP contribution is 2.10. The van der Waals surface area contributed by atoms with E-state index in [1.165, 1.54) is 12.2 Å². The maximum absolute atomic E-state index is 9.97. The minimum Gasteiger partial charge on any atom is -0.457 e. The molecule has 0 saturated carbocycles. The third-order valence-electron chi connectivity index (χ3n) is 1.33. The van der Waals surface area contributed by atoms with E-state index in [0.29, 0.717) is 24.1 Å². The van der Waals surface area contributed by atoms with Crippen LogP contribution in [0.3, 0.4) is 0 Å². The molecule has 0 aliphatic heterocycles. The molecule has 3 nitrogen and oxygen atoms in total. The predicted octanol–water partition coefficient (Wildman–Crippen LogP) is 1.70. The first-order valence-corrected chi connectivity index (χ1v) is 3.70. The number of hydrogen-bond acceptors (Lipinski definition) is 3. The summed E-state index contributed by atoms with van der Waals surface area (Å²) in [6, 6.07) is 3.43. The molecule has 1 aromatic heterocycles. The van der Waals surface area contributed by atoms with Crippen LogP contribution in [0.4, 0.5) is 0 Å². The zero-order valence-corrected chi connectivity index (χ0v) is 6.84. The molecule has 0 bridgehead atoms. The maximum atomic E-state index is 9.97. The van der Waals surface area contributed by atoms with Gasteiger partial charge in [-0.15, -0.1) is 0 Å². The van der Waals surface area contributed by atoms with Crippen molar-refractivity contribution in [1.29, 1.82) is 0 Å². The van der Waals surface area contributed by atoms with E-state index in [2.05, 4.69) is 0 Å². The summed E-state index contributed by atoms with van der Waals surface area (Å²) in [6.07, 6.45) is 7.11. The van der Waals surface area contributed by atoms with Gasteiger partial charge in [0.1, 0.15) is 24.1 Å². The summed E-state index contributed by atoms with van der Waals surface area (Å²) in [6.45, 7) is 0. The van der Waals surface area contributed by atoms with Crippen molar-refractivity contribution < 1.29 is 14.0 Å². The monoisotopic (exact) mass is 176 g/mol. The lowest BCUT2D eigenvalue weighted by Crippen LogP contribution is -1.64. The summed E-state index contributed by atoms with van der Waals surface area (Å²) >= 11 is 0. The second kappa shape index (κ2) is 4.87. The van der Waals surface area contributed by atoms with Gasteiger partial charge in [-0.05, 0) is 36.4 Å². The third-order valence-corrected chi connectivity index (χ3v) is 1.33. The van der Waals surface area contributed by atoms with E-state index in [-0.39, 0.29) is 0 Å². The molecule has 0 saturated heterocycles. The molecule has 0 aliphatic rings. The second-order valence-corrected chi connectivity index (χ2v) is 2.23. The molecule has 1 aromatic rings. The molecule has 13 heavy (non-hydrogen) atoms. The van der Waals surface area contributed by atoms with Gasteiger partial charge in [0.25, 0.3) is 0 Å². The Bertz CT molecular complexity index is 312. The molecule has 0 aliphatic carbocycles. The van der Waals surface area contributed by atoms with Gasteiger partial charge in [-0.2, -0.15) is 0 Å². The third kappa shape index (κ3) is 2.91. The Balaban J connectivity index is 2.74. The van der Waals surface area contributed by atoms with Crippen molar-refractivity contribution in [3.8, 4) is 0 Å². The van der Waals surface area contributed by atoms with Gasteiger partial charge in [-0.1, -0.05) is 0 Å². The van der Waals surface area contributed by atoms with Gasteiger partial charge in [0, 0.05) is 0 Å². The summed E-state index contributed by atoms with van der Waals surface area (Å²) in [7, 11) is 0. The Kier molecular flexibility index (Phi) is 3.45. The van der Waals surface area contributed by atoms with E-state index in [4.69, 9.17) is 4.42 Å².